The lowest BCUT2D eigenvalue weighted by molar-refractivity contribution is -0.123. The number of ether oxygens (including phenoxy) is 3. The van der Waals surface area contributed by atoms with E-state index in [2.05, 4.69) is 10.9 Å². The van der Waals surface area contributed by atoms with Crippen LogP contribution in [-0.4, -0.2) is 32.6 Å². The number of amides is 2. The number of hydrogen-bond acceptors (Lipinski definition) is 7. The highest BCUT2D eigenvalue weighted by Gasteiger charge is 2.17. The van der Waals surface area contributed by atoms with E-state index in [0.29, 0.717) is 38.6 Å². The van der Waals surface area contributed by atoms with Crippen molar-refractivity contribution >= 4 is 57.1 Å². The number of hydrazine groups is 1. The lowest BCUT2D eigenvalue weighted by Gasteiger charge is -2.11. The highest BCUT2D eigenvalue weighted by Crippen LogP contribution is 2.34. The molecule has 0 unspecified atom stereocenters. The fourth-order valence-electron chi connectivity index (χ4n) is 2.67. The molecule has 0 saturated carbocycles. The molecule has 2 N–H and O–H groups in total. The average molecular weight is 483 g/mol. The molecule has 162 valence electrons. The van der Waals surface area contributed by atoms with E-state index in [1.165, 1.54) is 32.4 Å². The SMILES string of the molecule is COc1ccc2cc(C(=O)NNC(=O)COc3ccc(Cl)cc3Cl)sc(=O)c2c1OC. The first-order valence-corrected chi connectivity index (χ1v) is 10.3. The zero-order valence-corrected chi connectivity index (χ0v) is 18.6. The first-order valence-electron chi connectivity index (χ1n) is 8.70. The van der Waals surface area contributed by atoms with Crippen LogP contribution in [0.15, 0.2) is 41.2 Å². The summed E-state index contributed by atoms with van der Waals surface area (Å²) in [5.74, 6) is -0.315. The topological polar surface area (TPSA) is 103 Å². The lowest BCUT2D eigenvalue weighted by atomic mass is 10.1. The molecule has 0 radical (unpaired) electrons. The van der Waals surface area contributed by atoms with Crippen LogP contribution in [0.5, 0.6) is 17.2 Å². The molecule has 0 aliphatic carbocycles. The monoisotopic (exact) mass is 482 g/mol. The Kier molecular flexibility index (Phi) is 7.21. The Bertz CT molecular complexity index is 1210. The van der Waals surface area contributed by atoms with Crippen LogP contribution < -0.4 is 29.8 Å². The minimum Gasteiger partial charge on any atom is -0.493 e. The third-order valence-electron chi connectivity index (χ3n) is 4.06. The van der Waals surface area contributed by atoms with Gasteiger partial charge in [-0.1, -0.05) is 40.6 Å². The van der Waals surface area contributed by atoms with Gasteiger partial charge in [-0.25, -0.2) is 0 Å². The molecule has 0 atom stereocenters. The van der Waals surface area contributed by atoms with Crippen molar-refractivity contribution in [2.75, 3.05) is 20.8 Å². The van der Waals surface area contributed by atoms with Crippen molar-refractivity contribution in [1.29, 1.82) is 0 Å². The smallest absolute Gasteiger partial charge is 0.279 e. The third kappa shape index (κ3) is 5.19. The summed E-state index contributed by atoms with van der Waals surface area (Å²) in [6, 6.07) is 9.36. The Hall–Kier alpha value is -3.01. The number of carbonyl (C=O) groups is 2. The average Bonchev–Trinajstić information content (AvgIpc) is 2.75. The van der Waals surface area contributed by atoms with Crippen LogP contribution in [0, 0.1) is 0 Å². The quantitative estimate of drug-likeness (QED) is 0.521. The Balaban J connectivity index is 1.67. The van der Waals surface area contributed by atoms with E-state index < -0.39 is 18.4 Å². The van der Waals surface area contributed by atoms with Crippen LogP contribution in [0.1, 0.15) is 9.67 Å². The van der Waals surface area contributed by atoms with E-state index >= 15 is 0 Å². The molecule has 0 saturated heterocycles. The molecule has 0 bridgehead atoms. The molecule has 11 heteroatoms. The zero-order chi connectivity index (χ0) is 22.5. The highest BCUT2D eigenvalue weighted by molar-refractivity contribution is 7.12. The molecule has 0 aliphatic heterocycles. The fourth-order valence-corrected chi connectivity index (χ4v) is 3.97. The fraction of sp³-hybridized carbons (Fsp3) is 0.150. The van der Waals surface area contributed by atoms with Gasteiger partial charge in [0.2, 0.25) is 4.74 Å². The van der Waals surface area contributed by atoms with Crippen molar-refractivity contribution in [2.45, 2.75) is 0 Å². The van der Waals surface area contributed by atoms with Gasteiger partial charge >= 0.3 is 0 Å². The van der Waals surface area contributed by atoms with E-state index in [1.807, 2.05) is 0 Å². The standard InChI is InChI=1S/C20H16Cl2N2O6S/c1-28-14-5-3-10-7-15(31-20(27)17(10)18(14)29-2)19(26)24-23-16(25)9-30-13-6-4-11(21)8-12(13)22/h3-8H,9H2,1-2H3,(H,23,25)(H,24,26). The molecule has 1 aromatic heterocycles. The van der Waals surface area contributed by atoms with Crippen molar-refractivity contribution in [3.63, 3.8) is 0 Å². The Labute approximate surface area is 190 Å². The minimum atomic E-state index is -0.656. The number of nitrogens with one attached hydrogen (secondary N) is 2. The molecule has 3 rings (SSSR count). The highest BCUT2D eigenvalue weighted by atomic mass is 35.5. The maximum atomic E-state index is 12.6. The van der Waals surface area contributed by atoms with Gasteiger partial charge in [0, 0.05) is 5.02 Å². The maximum Gasteiger partial charge on any atom is 0.279 e. The molecule has 2 amide bonds. The molecule has 1 heterocycles. The van der Waals surface area contributed by atoms with Gasteiger partial charge in [-0.15, -0.1) is 0 Å². The number of carbonyl (C=O) groups excluding carboxylic acids is 2. The number of benzene rings is 2. The predicted molar refractivity (Wildman–Crippen MR) is 119 cm³/mol. The number of fused-ring (bicyclic) bond motifs is 1. The van der Waals surface area contributed by atoms with Gasteiger partial charge in [0.25, 0.3) is 11.8 Å². The normalized spacial score (nSPS) is 10.5. The second-order valence-corrected chi connectivity index (χ2v) is 7.89. The van der Waals surface area contributed by atoms with E-state index in [4.69, 9.17) is 37.4 Å². The van der Waals surface area contributed by atoms with Crippen molar-refractivity contribution in [3.05, 3.63) is 60.9 Å². The molecule has 2 aromatic carbocycles. The zero-order valence-electron chi connectivity index (χ0n) is 16.3. The maximum absolute atomic E-state index is 12.6. The van der Waals surface area contributed by atoms with Gasteiger partial charge in [-0.2, -0.15) is 0 Å². The molecule has 0 fully saturated rings. The summed E-state index contributed by atoms with van der Waals surface area (Å²) >= 11 is 12.5. The van der Waals surface area contributed by atoms with Crippen LogP contribution in [0.2, 0.25) is 10.0 Å². The Morgan fingerprint density at radius 1 is 1.00 bits per heavy atom. The second kappa shape index (κ2) is 9.86. The van der Waals surface area contributed by atoms with Gasteiger partial charge in [0.1, 0.15) is 5.75 Å². The van der Waals surface area contributed by atoms with E-state index in [0.717, 1.165) is 0 Å². The van der Waals surface area contributed by atoms with Gasteiger partial charge in [-0.05, 0) is 35.7 Å². The molecule has 31 heavy (non-hydrogen) atoms. The summed E-state index contributed by atoms with van der Waals surface area (Å²) in [6.07, 6.45) is 0. The van der Waals surface area contributed by atoms with Gasteiger partial charge < -0.3 is 14.2 Å². The van der Waals surface area contributed by atoms with Gasteiger partial charge in [-0.3, -0.25) is 25.2 Å². The van der Waals surface area contributed by atoms with E-state index in [1.54, 1.807) is 18.2 Å². The van der Waals surface area contributed by atoms with Crippen LogP contribution in [0.4, 0.5) is 0 Å². The molecule has 3 aromatic rings. The minimum absolute atomic E-state index is 0.103. The molecular formula is C20H16Cl2N2O6S. The summed E-state index contributed by atoms with van der Waals surface area (Å²) in [5.41, 5.74) is 4.46. The van der Waals surface area contributed by atoms with Gasteiger partial charge in [0.15, 0.2) is 18.1 Å². The Morgan fingerprint density at radius 2 is 1.74 bits per heavy atom. The largest absolute Gasteiger partial charge is 0.493 e. The number of halogens is 2. The van der Waals surface area contributed by atoms with E-state index in [9.17, 15) is 14.4 Å². The van der Waals surface area contributed by atoms with Gasteiger partial charge in [0.05, 0.1) is 29.5 Å². The lowest BCUT2D eigenvalue weighted by Crippen LogP contribution is -2.43. The molecule has 8 nitrogen and oxygen atoms in total. The summed E-state index contributed by atoms with van der Waals surface area (Å²) in [6.45, 7) is -0.396. The van der Waals surface area contributed by atoms with Crippen molar-refractivity contribution < 1.29 is 23.8 Å². The summed E-state index contributed by atoms with van der Waals surface area (Å²) in [5, 5.41) is 1.48. The third-order valence-corrected chi connectivity index (χ3v) is 5.51. The Morgan fingerprint density at radius 3 is 2.42 bits per heavy atom. The van der Waals surface area contributed by atoms with Crippen molar-refractivity contribution in [3.8, 4) is 17.2 Å². The summed E-state index contributed by atoms with van der Waals surface area (Å²) in [7, 11) is 2.89. The molecular weight excluding hydrogens is 467 g/mol. The summed E-state index contributed by atoms with van der Waals surface area (Å²) in [4.78, 5) is 37.0. The van der Waals surface area contributed by atoms with Crippen LogP contribution >= 0.6 is 34.5 Å². The second-order valence-electron chi connectivity index (χ2n) is 6.03. The molecule has 0 aliphatic rings. The van der Waals surface area contributed by atoms with Crippen LogP contribution in [0.3, 0.4) is 0 Å². The first-order chi connectivity index (χ1) is 14.8. The van der Waals surface area contributed by atoms with Crippen molar-refractivity contribution in [2.24, 2.45) is 0 Å². The van der Waals surface area contributed by atoms with Crippen LogP contribution in [0.25, 0.3) is 10.8 Å². The summed E-state index contributed by atoms with van der Waals surface area (Å²) < 4.78 is 15.4. The van der Waals surface area contributed by atoms with Crippen molar-refractivity contribution in [1.82, 2.24) is 10.9 Å². The number of rotatable bonds is 6. The predicted octanol–water partition coefficient (Wildman–Crippen LogP) is 3.43. The first kappa shape index (κ1) is 22.7. The van der Waals surface area contributed by atoms with Crippen LogP contribution in [-0.2, 0) is 4.79 Å². The number of hydrogen-bond donors (Lipinski definition) is 2. The van der Waals surface area contributed by atoms with E-state index in [-0.39, 0.29) is 20.4 Å². The molecule has 0 spiro atoms. The number of methoxy groups -OCH3 is 2.